The summed E-state index contributed by atoms with van der Waals surface area (Å²) in [6.45, 7) is 0.606. The predicted octanol–water partition coefficient (Wildman–Crippen LogP) is 1.31. The fourth-order valence-electron chi connectivity index (χ4n) is 4.36. The summed E-state index contributed by atoms with van der Waals surface area (Å²) < 4.78 is 0. The highest BCUT2D eigenvalue weighted by molar-refractivity contribution is 4.88. The molecule has 1 atom stereocenters. The molecule has 0 aliphatic heterocycles. The number of hydrogen-bond acceptors (Lipinski definition) is 4. The monoisotopic (exact) mass is 282 g/mol. The molecule has 8 N–H and O–H groups in total. The molecule has 20 heavy (non-hydrogen) atoms. The van der Waals surface area contributed by atoms with Gasteiger partial charge in [-0.05, 0) is 75.5 Å². The molecule has 2 fully saturated rings. The highest BCUT2D eigenvalue weighted by atomic mass is 14.7. The SMILES string of the molecule is NCC(N)CC(C1CCC(N)CC1)C1CCC(N)CC1. The quantitative estimate of drug-likeness (QED) is 0.610. The van der Waals surface area contributed by atoms with E-state index < -0.39 is 0 Å². The van der Waals surface area contributed by atoms with Crippen LogP contribution in [0.5, 0.6) is 0 Å². The minimum Gasteiger partial charge on any atom is -0.329 e. The standard InChI is InChI=1S/C16H34N4/c17-10-15(20)9-16(11-1-5-13(18)6-2-11)12-3-7-14(19)8-4-12/h11-16H,1-10,17-20H2. The Kier molecular flexibility index (Phi) is 6.27. The van der Waals surface area contributed by atoms with Crippen molar-refractivity contribution in [2.45, 2.75) is 75.9 Å². The average Bonchev–Trinajstić information content (AvgIpc) is 2.46. The van der Waals surface area contributed by atoms with Crippen LogP contribution in [-0.4, -0.2) is 24.7 Å². The lowest BCUT2D eigenvalue weighted by molar-refractivity contribution is 0.119. The van der Waals surface area contributed by atoms with Gasteiger partial charge < -0.3 is 22.9 Å². The van der Waals surface area contributed by atoms with Crippen LogP contribution in [0.1, 0.15) is 57.8 Å². The predicted molar refractivity (Wildman–Crippen MR) is 85.0 cm³/mol. The molecule has 2 aliphatic carbocycles. The first-order valence-corrected chi connectivity index (χ1v) is 8.57. The van der Waals surface area contributed by atoms with E-state index in [1.165, 1.54) is 51.4 Å². The van der Waals surface area contributed by atoms with Gasteiger partial charge in [-0.25, -0.2) is 0 Å². The van der Waals surface area contributed by atoms with Gasteiger partial charge in [0.05, 0.1) is 0 Å². The summed E-state index contributed by atoms with van der Waals surface area (Å²) in [6.07, 6.45) is 11.0. The third kappa shape index (κ3) is 4.42. The Hall–Kier alpha value is -0.160. The van der Waals surface area contributed by atoms with Gasteiger partial charge in [-0.2, -0.15) is 0 Å². The summed E-state index contributed by atoms with van der Waals surface area (Å²) in [5.74, 6) is 2.37. The van der Waals surface area contributed by atoms with Crippen LogP contribution in [0.3, 0.4) is 0 Å². The molecular weight excluding hydrogens is 248 g/mol. The van der Waals surface area contributed by atoms with Crippen molar-refractivity contribution in [3.8, 4) is 0 Å². The molecule has 0 radical (unpaired) electrons. The van der Waals surface area contributed by atoms with Crippen molar-refractivity contribution in [1.29, 1.82) is 0 Å². The van der Waals surface area contributed by atoms with Crippen LogP contribution in [0.15, 0.2) is 0 Å². The second-order valence-electron chi connectivity index (χ2n) is 7.25. The molecule has 4 nitrogen and oxygen atoms in total. The van der Waals surface area contributed by atoms with Crippen LogP contribution in [0.4, 0.5) is 0 Å². The van der Waals surface area contributed by atoms with Gasteiger partial charge in [0.2, 0.25) is 0 Å². The molecule has 4 heteroatoms. The summed E-state index contributed by atoms with van der Waals surface area (Å²) in [6, 6.07) is 1.01. The number of hydrogen-bond donors (Lipinski definition) is 4. The van der Waals surface area contributed by atoms with E-state index in [1.807, 2.05) is 0 Å². The minimum absolute atomic E-state index is 0.159. The van der Waals surface area contributed by atoms with Gasteiger partial charge in [0.1, 0.15) is 0 Å². The summed E-state index contributed by atoms with van der Waals surface area (Å²) in [7, 11) is 0. The molecule has 0 aromatic carbocycles. The topological polar surface area (TPSA) is 104 Å². The van der Waals surface area contributed by atoms with E-state index in [-0.39, 0.29) is 6.04 Å². The zero-order chi connectivity index (χ0) is 14.5. The first kappa shape index (κ1) is 16.2. The molecule has 2 saturated carbocycles. The van der Waals surface area contributed by atoms with Gasteiger partial charge in [0, 0.05) is 24.7 Å². The van der Waals surface area contributed by atoms with Crippen LogP contribution in [0, 0.1) is 17.8 Å². The third-order valence-corrected chi connectivity index (χ3v) is 5.72. The van der Waals surface area contributed by atoms with E-state index in [1.54, 1.807) is 0 Å². The second kappa shape index (κ2) is 7.74. The molecule has 0 amide bonds. The highest BCUT2D eigenvalue weighted by Gasteiger charge is 2.34. The van der Waals surface area contributed by atoms with E-state index in [4.69, 9.17) is 22.9 Å². The molecular formula is C16H34N4. The smallest absolute Gasteiger partial charge is 0.0165 e. The molecule has 0 aromatic rings. The fraction of sp³-hybridized carbons (Fsp3) is 1.00. The van der Waals surface area contributed by atoms with Crippen LogP contribution in [-0.2, 0) is 0 Å². The van der Waals surface area contributed by atoms with Crippen molar-refractivity contribution in [2.24, 2.45) is 40.7 Å². The Balaban J connectivity index is 1.96. The second-order valence-corrected chi connectivity index (χ2v) is 7.25. The maximum Gasteiger partial charge on any atom is 0.0165 e. The summed E-state index contributed by atoms with van der Waals surface area (Å²) in [5.41, 5.74) is 24.0. The van der Waals surface area contributed by atoms with Crippen LogP contribution in [0.2, 0.25) is 0 Å². The normalized spacial score (nSPS) is 38.4. The summed E-state index contributed by atoms with van der Waals surface area (Å²) in [4.78, 5) is 0. The lowest BCUT2D eigenvalue weighted by Crippen LogP contribution is -2.40. The molecule has 0 aromatic heterocycles. The van der Waals surface area contributed by atoms with E-state index in [0.29, 0.717) is 18.6 Å². The van der Waals surface area contributed by atoms with Crippen LogP contribution < -0.4 is 22.9 Å². The van der Waals surface area contributed by atoms with Crippen molar-refractivity contribution in [1.82, 2.24) is 0 Å². The minimum atomic E-state index is 0.159. The molecule has 2 rings (SSSR count). The lowest BCUT2D eigenvalue weighted by Gasteiger charge is -2.41. The Morgan fingerprint density at radius 3 is 1.50 bits per heavy atom. The van der Waals surface area contributed by atoms with Crippen molar-refractivity contribution in [3.05, 3.63) is 0 Å². The van der Waals surface area contributed by atoms with Crippen molar-refractivity contribution in [2.75, 3.05) is 6.54 Å². The van der Waals surface area contributed by atoms with Gasteiger partial charge in [-0.3, -0.25) is 0 Å². The highest BCUT2D eigenvalue weighted by Crippen LogP contribution is 2.41. The maximum atomic E-state index is 6.17. The Bertz CT molecular complexity index is 246. The number of nitrogens with two attached hydrogens (primary N) is 4. The fourth-order valence-corrected chi connectivity index (χ4v) is 4.36. The summed E-state index contributed by atoms with van der Waals surface area (Å²) >= 11 is 0. The first-order chi connectivity index (χ1) is 9.60. The molecule has 0 spiro atoms. The Morgan fingerprint density at radius 2 is 1.15 bits per heavy atom. The zero-order valence-corrected chi connectivity index (χ0v) is 12.8. The van der Waals surface area contributed by atoms with Gasteiger partial charge in [0.15, 0.2) is 0 Å². The Morgan fingerprint density at radius 1 is 0.750 bits per heavy atom. The van der Waals surface area contributed by atoms with Crippen molar-refractivity contribution >= 4 is 0 Å². The van der Waals surface area contributed by atoms with Crippen molar-refractivity contribution in [3.63, 3.8) is 0 Å². The van der Waals surface area contributed by atoms with E-state index in [0.717, 1.165) is 24.2 Å². The average molecular weight is 282 g/mol. The first-order valence-electron chi connectivity index (χ1n) is 8.57. The van der Waals surface area contributed by atoms with Gasteiger partial charge in [-0.1, -0.05) is 0 Å². The molecule has 2 aliphatic rings. The molecule has 118 valence electrons. The van der Waals surface area contributed by atoms with Gasteiger partial charge in [-0.15, -0.1) is 0 Å². The molecule has 1 unspecified atom stereocenters. The largest absolute Gasteiger partial charge is 0.329 e. The molecule has 0 saturated heterocycles. The van der Waals surface area contributed by atoms with Crippen LogP contribution >= 0.6 is 0 Å². The van der Waals surface area contributed by atoms with Gasteiger partial charge >= 0.3 is 0 Å². The number of rotatable bonds is 5. The Labute approximate surface area is 124 Å². The van der Waals surface area contributed by atoms with Crippen molar-refractivity contribution < 1.29 is 0 Å². The molecule has 0 bridgehead atoms. The van der Waals surface area contributed by atoms with E-state index in [9.17, 15) is 0 Å². The zero-order valence-electron chi connectivity index (χ0n) is 12.8. The lowest BCUT2D eigenvalue weighted by atomic mass is 9.66. The summed E-state index contributed by atoms with van der Waals surface area (Å²) in [5, 5.41) is 0. The van der Waals surface area contributed by atoms with Gasteiger partial charge in [0.25, 0.3) is 0 Å². The van der Waals surface area contributed by atoms with E-state index in [2.05, 4.69) is 0 Å². The third-order valence-electron chi connectivity index (χ3n) is 5.72. The van der Waals surface area contributed by atoms with E-state index >= 15 is 0 Å². The molecule has 0 heterocycles. The maximum absolute atomic E-state index is 6.17. The van der Waals surface area contributed by atoms with Crippen LogP contribution in [0.25, 0.3) is 0 Å².